The van der Waals surface area contributed by atoms with E-state index in [9.17, 15) is 4.79 Å². The first-order valence-electron chi connectivity index (χ1n) is 2.82. The molecule has 0 saturated heterocycles. The Bertz CT molecular complexity index is 188. The van der Waals surface area contributed by atoms with Gasteiger partial charge in [0.1, 0.15) is 0 Å². The molecule has 0 unspecified atom stereocenters. The maximum atomic E-state index is 10.6. The third-order valence-corrected chi connectivity index (χ3v) is 0.928. The number of carbonyl (C=O) groups is 1. The summed E-state index contributed by atoms with van der Waals surface area (Å²) < 4.78 is 0. The lowest BCUT2D eigenvalue weighted by Gasteiger charge is -1.86. The van der Waals surface area contributed by atoms with E-state index in [0.717, 1.165) is 0 Å². The van der Waals surface area contributed by atoms with Crippen molar-refractivity contribution in [2.45, 2.75) is 20.8 Å². The van der Waals surface area contributed by atoms with Crippen LogP contribution in [0.25, 0.3) is 0 Å². The smallest absolute Gasteiger partial charge is 0.167 e. The minimum Gasteiger partial charge on any atom is -0.294 e. The van der Waals surface area contributed by atoms with E-state index < -0.39 is 0 Å². The summed E-state index contributed by atoms with van der Waals surface area (Å²) in [7, 11) is 0. The number of carbonyl (C=O) groups excluding carboxylic acids is 1. The SMILES string of the molecule is CC#C/C(=C/C)C(C)=O. The van der Waals surface area contributed by atoms with E-state index in [1.165, 1.54) is 6.92 Å². The molecule has 0 aliphatic carbocycles. The number of ketones is 1. The standard InChI is InChI=1S/C8H10O/c1-4-6-8(5-2)7(3)9/h5H,1-3H3/b8-5-. The van der Waals surface area contributed by atoms with Crippen LogP contribution in [0, 0.1) is 11.8 Å². The molecule has 0 aromatic rings. The number of hydrogen-bond donors (Lipinski definition) is 0. The first-order chi connectivity index (χ1) is 4.22. The van der Waals surface area contributed by atoms with Crippen molar-refractivity contribution in [3.63, 3.8) is 0 Å². The molecule has 0 bridgehead atoms. The van der Waals surface area contributed by atoms with Crippen molar-refractivity contribution in [2.75, 3.05) is 0 Å². The van der Waals surface area contributed by atoms with Crippen molar-refractivity contribution < 1.29 is 4.79 Å². The Balaban J connectivity index is 4.32. The Kier molecular flexibility index (Phi) is 3.46. The molecular formula is C8H10O. The van der Waals surface area contributed by atoms with E-state index in [2.05, 4.69) is 11.8 Å². The molecule has 0 fully saturated rings. The topological polar surface area (TPSA) is 17.1 Å². The monoisotopic (exact) mass is 122 g/mol. The molecule has 0 aliphatic rings. The average Bonchev–Trinajstić information content (AvgIpc) is 1.82. The molecule has 0 saturated carbocycles. The van der Waals surface area contributed by atoms with E-state index in [0.29, 0.717) is 5.57 Å². The fourth-order valence-electron chi connectivity index (χ4n) is 0.498. The molecule has 0 radical (unpaired) electrons. The maximum Gasteiger partial charge on any atom is 0.167 e. The van der Waals surface area contributed by atoms with Gasteiger partial charge in [0.2, 0.25) is 0 Å². The van der Waals surface area contributed by atoms with Crippen molar-refractivity contribution >= 4 is 5.78 Å². The van der Waals surface area contributed by atoms with Crippen LogP contribution in [0.4, 0.5) is 0 Å². The lowest BCUT2D eigenvalue weighted by Crippen LogP contribution is -1.91. The fourth-order valence-corrected chi connectivity index (χ4v) is 0.498. The highest BCUT2D eigenvalue weighted by atomic mass is 16.1. The third kappa shape index (κ3) is 2.71. The van der Waals surface area contributed by atoms with Crippen LogP contribution in [0.3, 0.4) is 0 Å². The fraction of sp³-hybridized carbons (Fsp3) is 0.375. The zero-order valence-electron chi connectivity index (χ0n) is 5.99. The van der Waals surface area contributed by atoms with Crippen molar-refractivity contribution in [2.24, 2.45) is 0 Å². The molecule has 0 aliphatic heterocycles. The van der Waals surface area contributed by atoms with Gasteiger partial charge in [0, 0.05) is 0 Å². The molecule has 0 aromatic heterocycles. The van der Waals surface area contributed by atoms with E-state index in [4.69, 9.17) is 0 Å². The summed E-state index contributed by atoms with van der Waals surface area (Å²) >= 11 is 0. The molecule has 1 nitrogen and oxygen atoms in total. The second-order valence-electron chi connectivity index (χ2n) is 1.63. The van der Waals surface area contributed by atoms with Gasteiger partial charge < -0.3 is 0 Å². The summed E-state index contributed by atoms with van der Waals surface area (Å²) in [6, 6.07) is 0. The van der Waals surface area contributed by atoms with Crippen LogP contribution in [0.2, 0.25) is 0 Å². The molecule has 0 N–H and O–H groups in total. The second kappa shape index (κ2) is 3.91. The molecule has 0 heterocycles. The predicted octanol–water partition coefficient (Wildman–Crippen LogP) is 1.54. The van der Waals surface area contributed by atoms with Crippen LogP contribution in [-0.2, 0) is 4.79 Å². The van der Waals surface area contributed by atoms with Gasteiger partial charge in [-0.15, -0.1) is 5.92 Å². The predicted molar refractivity (Wildman–Crippen MR) is 37.9 cm³/mol. The molecule has 0 atom stereocenters. The van der Waals surface area contributed by atoms with Gasteiger partial charge in [0.15, 0.2) is 5.78 Å². The van der Waals surface area contributed by atoms with E-state index in [1.54, 1.807) is 19.9 Å². The van der Waals surface area contributed by atoms with E-state index in [-0.39, 0.29) is 5.78 Å². The summed E-state index contributed by atoms with van der Waals surface area (Å²) in [6.07, 6.45) is 1.72. The average molecular weight is 122 g/mol. The quantitative estimate of drug-likeness (QED) is 0.381. The van der Waals surface area contributed by atoms with Gasteiger partial charge in [-0.1, -0.05) is 12.0 Å². The molecule has 0 amide bonds. The Labute approximate surface area is 55.8 Å². The minimum atomic E-state index is 0.0341. The molecule has 48 valence electrons. The lowest BCUT2D eigenvalue weighted by molar-refractivity contribution is -0.113. The minimum absolute atomic E-state index is 0.0341. The largest absolute Gasteiger partial charge is 0.294 e. The number of allylic oxidation sites excluding steroid dienone is 2. The van der Waals surface area contributed by atoms with Gasteiger partial charge in [-0.05, 0) is 20.8 Å². The second-order valence-corrected chi connectivity index (χ2v) is 1.63. The van der Waals surface area contributed by atoms with Crippen LogP contribution in [0.5, 0.6) is 0 Å². The molecular weight excluding hydrogens is 112 g/mol. The molecule has 9 heavy (non-hydrogen) atoms. The molecule has 0 rings (SSSR count). The lowest BCUT2D eigenvalue weighted by atomic mass is 10.2. The third-order valence-electron chi connectivity index (χ3n) is 0.928. The number of rotatable bonds is 1. The summed E-state index contributed by atoms with van der Waals surface area (Å²) in [5.74, 6) is 5.39. The first kappa shape index (κ1) is 7.97. The van der Waals surface area contributed by atoms with Gasteiger partial charge in [0.05, 0.1) is 5.57 Å². The molecule has 0 aromatic carbocycles. The van der Waals surface area contributed by atoms with Crippen LogP contribution in [0.1, 0.15) is 20.8 Å². The van der Waals surface area contributed by atoms with Crippen molar-refractivity contribution in [1.29, 1.82) is 0 Å². The van der Waals surface area contributed by atoms with Crippen molar-refractivity contribution in [1.82, 2.24) is 0 Å². The summed E-state index contributed by atoms with van der Waals surface area (Å²) in [6.45, 7) is 5.03. The van der Waals surface area contributed by atoms with Crippen LogP contribution in [0.15, 0.2) is 11.6 Å². The van der Waals surface area contributed by atoms with Gasteiger partial charge in [-0.3, -0.25) is 4.79 Å². The van der Waals surface area contributed by atoms with E-state index in [1.807, 2.05) is 0 Å². The summed E-state index contributed by atoms with van der Waals surface area (Å²) in [5, 5.41) is 0. The number of Topliss-reactive ketones (excluding diaryl/α,β-unsaturated/α-hetero) is 1. The Morgan fingerprint density at radius 1 is 1.56 bits per heavy atom. The highest BCUT2D eigenvalue weighted by Gasteiger charge is 1.94. The zero-order valence-corrected chi connectivity index (χ0v) is 5.99. The maximum absolute atomic E-state index is 10.6. The highest BCUT2D eigenvalue weighted by molar-refractivity contribution is 5.97. The first-order valence-corrected chi connectivity index (χ1v) is 2.82. The van der Waals surface area contributed by atoms with Crippen LogP contribution in [-0.4, -0.2) is 5.78 Å². The number of hydrogen-bond acceptors (Lipinski definition) is 1. The van der Waals surface area contributed by atoms with Gasteiger partial charge in [0.25, 0.3) is 0 Å². The van der Waals surface area contributed by atoms with Crippen LogP contribution >= 0.6 is 0 Å². The normalized spacial score (nSPS) is 9.89. The van der Waals surface area contributed by atoms with E-state index >= 15 is 0 Å². The Morgan fingerprint density at radius 2 is 2.11 bits per heavy atom. The van der Waals surface area contributed by atoms with Crippen molar-refractivity contribution in [3.05, 3.63) is 11.6 Å². The Hall–Kier alpha value is -1.03. The van der Waals surface area contributed by atoms with Crippen molar-refractivity contribution in [3.8, 4) is 11.8 Å². The summed E-state index contributed by atoms with van der Waals surface area (Å²) in [4.78, 5) is 10.6. The molecule has 1 heteroatoms. The van der Waals surface area contributed by atoms with Gasteiger partial charge in [-0.25, -0.2) is 0 Å². The van der Waals surface area contributed by atoms with Gasteiger partial charge >= 0.3 is 0 Å². The van der Waals surface area contributed by atoms with Gasteiger partial charge in [-0.2, -0.15) is 0 Å². The summed E-state index contributed by atoms with van der Waals surface area (Å²) in [5.41, 5.74) is 0.595. The highest BCUT2D eigenvalue weighted by Crippen LogP contribution is 1.91. The zero-order chi connectivity index (χ0) is 7.28. The Morgan fingerprint density at radius 3 is 2.22 bits per heavy atom. The molecule has 0 spiro atoms. The van der Waals surface area contributed by atoms with Crippen LogP contribution < -0.4 is 0 Å².